The molecule has 0 fully saturated rings. The van der Waals surface area contributed by atoms with Gasteiger partial charge in [-0.25, -0.2) is 9.18 Å². The van der Waals surface area contributed by atoms with Gasteiger partial charge < -0.3 is 9.15 Å². The lowest BCUT2D eigenvalue weighted by Crippen LogP contribution is -3.10. The summed E-state index contributed by atoms with van der Waals surface area (Å²) in [6, 6.07) is 10.4. The summed E-state index contributed by atoms with van der Waals surface area (Å²) in [7, 11) is 0. The molecule has 0 saturated heterocycles. The van der Waals surface area contributed by atoms with Crippen LogP contribution in [0.1, 0.15) is 22.3 Å². The van der Waals surface area contributed by atoms with Crippen LogP contribution in [-0.4, -0.2) is 6.73 Å². The van der Waals surface area contributed by atoms with Gasteiger partial charge in [-0.05, 0) is 43.7 Å². The number of rotatable bonds is 2. The highest BCUT2D eigenvalue weighted by atomic mass is 19.1. The van der Waals surface area contributed by atoms with E-state index in [0.29, 0.717) is 31.0 Å². The average molecular weight is 340 g/mol. The van der Waals surface area contributed by atoms with Gasteiger partial charge in [0.05, 0.1) is 5.56 Å². The van der Waals surface area contributed by atoms with Gasteiger partial charge in [-0.1, -0.05) is 12.1 Å². The second-order valence-electron chi connectivity index (χ2n) is 6.58. The van der Waals surface area contributed by atoms with E-state index in [1.165, 1.54) is 17.0 Å². The minimum Gasteiger partial charge on any atom is -0.445 e. The second kappa shape index (κ2) is 6.01. The first kappa shape index (κ1) is 15.8. The van der Waals surface area contributed by atoms with Crippen LogP contribution in [0, 0.1) is 19.7 Å². The molecule has 4 rings (SSSR count). The van der Waals surface area contributed by atoms with Crippen LogP contribution in [0.25, 0.3) is 11.0 Å². The predicted octanol–water partition coefficient (Wildman–Crippen LogP) is 2.48. The van der Waals surface area contributed by atoms with Crippen LogP contribution < -0.4 is 15.3 Å². The Morgan fingerprint density at radius 1 is 1.08 bits per heavy atom. The largest absolute Gasteiger partial charge is 0.445 e. The van der Waals surface area contributed by atoms with Crippen molar-refractivity contribution in [2.45, 2.75) is 26.9 Å². The number of hydrogen-bond acceptors (Lipinski definition) is 3. The quantitative estimate of drug-likeness (QED) is 0.729. The third-order valence-corrected chi connectivity index (χ3v) is 4.91. The lowest BCUT2D eigenvalue weighted by atomic mass is 10.0. The topological polar surface area (TPSA) is 43.9 Å². The molecular formula is C20H19FNO3+. The van der Waals surface area contributed by atoms with Crippen molar-refractivity contribution in [2.75, 3.05) is 6.73 Å². The standard InChI is InChI=1S/C20H18FNO3/c1-12-13(2)20(23)25-19-16(12)7-8-18-17(19)10-22(11-24-18)9-14-3-5-15(21)6-4-14/h3-8H,9-11H2,1-2H3/p+1. The molecule has 0 saturated carbocycles. The fourth-order valence-corrected chi connectivity index (χ4v) is 3.33. The van der Waals surface area contributed by atoms with Gasteiger partial charge in [0.15, 0.2) is 5.58 Å². The monoisotopic (exact) mass is 340 g/mol. The minimum atomic E-state index is -0.302. The smallest absolute Gasteiger partial charge is 0.339 e. The van der Waals surface area contributed by atoms with Crippen molar-refractivity contribution >= 4 is 11.0 Å². The van der Waals surface area contributed by atoms with Crippen molar-refractivity contribution in [3.8, 4) is 5.75 Å². The molecule has 1 aliphatic rings. The number of fused-ring (bicyclic) bond motifs is 3. The van der Waals surface area contributed by atoms with Crippen LogP contribution in [0.5, 0.6) is 5.75 Å². The molecule has 1 aromatic heterocycles. The number of quaternary nitrogens is 1. The molecule has 1 unspecified atom stereocenters. The molecule has 128 valence electrons. The third kappa shape index (κ3) is 2.81. The summed E-state index contributed by atoms with van der Waals surface area (Å²) in [5, 5.41) is 0.947. The van der Waals surface area contributed by atoms with Crippen LogP contribution in [0.3, 0.4) is 0 Å². The molecule has 0 spiro atoms. The fraction of sp³-hybridized carbons (Fsp3) is 0.250. The Labute approximate surface area is 144 Å². The lowest BCUT2D eigenvalue weighted by molar-refractivity contribution is -0.945. The van der Waals surface area contributed by atoms with Crippen molar-refractivity contribution in [1.29, 1.82) is 0 Å². The van der Waals surface area contributed by atoms with E-state index in [1.54, 1.807) is 19.1 Å². The van der Waals surface area contributed by atoms with E-state index in [4.69, 9.17) is 9.15 Å². The normalized spacial score (nSPS) is 16.5. The summed E-state index contributed by atoms with van der Waals surface area (Å²) in [5.74, 6) is 0.527. The Morgan fingerprint density at radius 3 is 2.60 bits per heavy atom. The van der Waals surface area contributed by atoms with Gasteiger partial charge >= 0.3 is 5.63 Å². The minimum absolute atomic E-state index is 0.238. The summed E-state index contributed by atoms with van der Waals surface area (Å²) in [5.41, 5.74) is 3.85. The van der Waals surface area contributed by atoms with E-state index < -0.39 is 0 Å². The zero-order chi connectivity index (χ0) is 17.6. The highest BCUT2D eigenvalue weighted by Gasteiger charge is 2.25. The SMILES string of the molecule is Cc1c(C)c2ccc3c(c2oc1=O)C[NH+](Cc1ccc(F)cc1)CO3. The molecule has 1 N–H and O–H groups in total. The summed E-state index contributed by atoms with van der Waals surface area (Å²) in [6.45, 7) is 5.64. The van der Waals surface area contributed by atoms with Crippen molar-refractivity contribution in [3.63, 3.8) is 0 Å². The molecule has 0 aliphatic carbocycles. The van der Waals surface area contributed by atoms with Crippen molar-refractivity contribution < 1.29 is 18.4 Å². The molecule has 5 heteroatoms. The van der Waals surface area contributed by atoms with E-state index in [2.05, 4.69) is 0 Å². The molecule has 3 aromatic rings. The van der Waals surface area contributed by atoms with Gasteiger partial charge in [0, 0.05) is 16.5 Å². The third-order valence-electron chi connectivity index (χ3n) is 4.91. The zero-order valence-corrected chi connectivity index (χ0v) is 14.2. The van der Waals surface area contributed by atoms with Crippen LogP contribution in [-0.2, 0) is 13.1 Å². The zero-order valence-electron chi connectivity index (χ0n) is 14.2. The molecule has 25 heavy (non-hydrogen) atoms. The highest BCUT2D eigenvalue weighted by molar-refractivity contribution is 5.85. The van der Waals surface area contributed by atoms with Gasteiger partial charge in [-0.3, -0.25) is 4.90 Å². The van der Waals surface area contributed by atoms with Crippen molar-refractivity contribution in [3.05, 3.63) is 74.9 Å². The van der Waals surface area contributed by atoms with Gasteiger partial charge in [0.1, 0.15) is 24.7 Å². The van der Waals surface area contributed by atoms with Crippen LogP contribution in [0.15, 0.2) is 45.6 Å². The molecule has 0 bridgehead atoms. The first-order valence-corrected chi connectivity index (χ1v) is 8.29. The van der Waals surface area contributed by atoms with E-state index >= 15 is 0 Å². The van der Waals surface area contributed by atoms with E-state index in [-0.39, 0.29) is 11.4 Å². The summed E-state index contributed by atoms with van der Waals surface area (Å²) < 4.78 is 24.5. The van der Waals surface area contributed by atoms with E-state index in [0.717, 1.165) is 27.8 Å². The Kier molecular flexibility index (Phi) is 3.81. The van der Waals surface area contributed by atoms with Crippen molar-refractivity contribution in [2.24, 2.45) is 0 Å². The number of halogens is 1. The molecule has 2 aromatic carbocycles. The Morgan fingerprint density at radius 2 is 1.84 bits per heavy atom. The van der Waals surface area contributed by atoms with Crippen LogP contribution in [0.2, 0.25) is 0 Å². The Balaban J connectivity index is 1.72. The Hall–Kier alpha value is -2.66. The molecule has 0 radical (unpaired) electrons. The van der Waals surface area contributed by atoms with Crippen LogP contribution >= 0.6 is 0 Å². The Bertz CT molecular complexity index is 1010. The summed E-state index contributed by atoms with van der Waals surface area (Å²) in [4.78, 5) is 13.3. The first-order chi connectivity index (χ1) is 12.0. The van der Waals surface area contributed by atoms with Gasteiger partial charge in [-0.15, -0.1) is 0 Å². The maximum absolute atomic E-state index is 13.1. The fourth-order valence-electron chi connectivity index (χ4n) is 3.33. The second-order valence-corrected chi connectivity index (χ2v) is 6.58. The molecule has 1 aliphatic heterocycles. The van der Waals surface area contributed by atoms with Gasteiger partial charge in [0.2, 0.25) is 6.73 Å². The predicted molar refractivity (Wildman–Crippen MR) is 92.2 cm³/mol. The number of benzene rings is 2. The van der Waals surface area contributed by atoms with Gasteiger partial charge in [0.25, 0.3) is 0 Å². The molecule has 2 heterocycles. The average Bonchev–Trinajstić information content (AvgIpc) is 2.62. The number of ether oxygens (including phenoxy) is 1. The first-order valence-electron chi connectivity index (χ1n) is 8.29. The maximum Gasteiger partial charge on any atom is 0.339 e. The number of aryl methyl sites for hydroxylation is 1. The van der Waals surface area contributed by atoms with Crippen molar-refractivity contribution in [1.82, 2.24) is 0 Å². The summed E-state index contributed by atoms with van der Waals surface area (Å²) >= 11 is 0. The summed E-state index contributed by atoms with van der Waals surface area (Å²) in [6.07, 6.45) is 0. The number of nitrogens with one attached hydrogen (secondary N) is 1. The van der Waals surface area contributed by atoms with Gasteiger partial charge in [-0.2, -0.15) is 0 Å². The van der Waals surface area contributed by atoms with Crippen LogP contribution in [0.4, 0.5) is 4.39 Å². The lowest BCUT2D eigenvalue weighted by Gasteiger charge is -2.26. The molecule has 0 amide bonds. The molecular weight excluding hydrogens is 321 g/mol. The molecule has 1 atom stereocenters. The molecule has 4 nitrogen and oxygen atoms in total. The number of hydrogen-bond donors (Lipinski definition) is 1. The highest BCUT2D eigenvalue weighted by Crippen LogP contribution is 2.30. The van der Waals surface area contributed by atoms with E-state index in [9.17, 15) is 9.18 Å². The maximum atomic E-state index is 13.1. The van der Waals surface area contributed by atoms with E-state index in [1.807, 2.05) is 19.1 Å².